The Morgan fingerprint density at radius 3 is 2.41 bits per heavy atom. The molecule has 3 aromatic rings. The first-order valence-electron chi connectivity index (χ1n) is 6.67. The fraction of sp³-hybridized carbons (Fsp3) is 0.0588. The summed E-state index contributed by atoms with van der Waals surface area (Å²) in [6, 6.07) is 16.3. The van der Waals surface area contributed by atoms with E-state index < -0.39 is 15.7 Å². The molecule has 3 rings (SSSR count). The van der Waals surface area contributed by atoms with Crippen LogP contribution in [0.4, 0.5) is 0 Å². The van der Waals surface area contributed by atoms with Crippen molar-refractivity contribution in [2.24, 2.45) is 0 Å². The smallest absolute Gasteiger partial charge is 0.340 e. The first kappa shape index (κ1) is 14.4. The van der Waals surface area contributed by atoms with Crippen LogP contribution in [0, 0.1) is 0 Å². The van der Waals surface area contributed by atoms with E-state index in [-0.39, 0.29) is 0 Å². The van der Waals surface area contributed by atoms with Gasteiger partial charge in [-0.2, -0.15) is 0 Å². The molecule has 0 saturated heterocycles. The Bertz CT molecular complexity index is 940. The maximum Gasteiger partial charge on any atom is 0.340 e. The van der Waals surface area contributed by atoms with E-state index >= 15 is 0 Å². The summed E-state index contributed by atoms with van der Waals surface area (Å²) < 4.78 is 19.6. The van der Waals surface area contributed by atoms with E-state index in [0.29, 0.717) is 21.4 Å². The van der Waals surface area contributed by atoms with Gasteiger partial charge in [0.25, 0.3) is 0 Å². The van der Waals surface area contributed by atoms with Crippen LogP contribution in [0.3, 0.4) is 0 Å². The number of benzene rings is 2. The Kier molecular flexibility index (Phi) is 3.50. The van der Waals surface area contributed by atoms with Crippen LogP contribution in [-0.2, 0) is 14.4 Å². The van der Waals surface area contributed by atoms with Gasteiger partial charge < -0.3 is 4.74 Å². The lowest BCUT2D eigenvalue weighted by Gasteiger charge is -2.12. The van der Waals surface area contributed by atoms with Gasteiger partial charge in [0.2, 0.25) is 0 Å². The van der Waals surface area contributed by atoms with Crippen LogP contribution in [0.15, 0.2) is 65.7 Å². The van der Waals surface area contributed by atoms with Crippen molar-refractivity contribution < 1.29 is 13.7 Å². The maximum absolute atomic E-state index is 13.2. The average molecular weight is 313 g/mol. The van der Waals surface area contributed by atoms with Crippen molar-refractivity contribution in [3.8, 4) is 0 Å². The SMILES string of the molecule is C=S(=O)(c1ccccc1)n1cc(C(=O)OC)c2ccccc21. The van der Waals surface area contributed by atoms with Gasteiger partial charge in [-0.05, 0) is 24.1 Å². The molecule has 0 bridgehead atoms. The lowest BCUT2D eigenvalue weighted by Crippen LogP contribution is -2.11. The van der Waals surface area contributed by atoms with E-state index in [1.807, 2.05) is 36.4 Å². The number of carbonyl (C=O) groups is 1. The van der Waals surface area contributed by atoms with Crippen LogP contribution in [0.25, 0.3) is 10.9 Å². The van der Waals surface area contributed by atoms with Crippen LogP contribution < -0.4 is 0 Å². The lowest BCUT2D eigenvalue weighted by molar-refractivity contribution is 0.0603. The van der Waals surface area contributed by atoms with Gasteiger partial charge in [-0.15, -0.1) is 0 Å². The number of esters is 1. The maximum atomic E-state index is 13.2. The molecule has 0 radical (unpaired) electrons. The van der Waals surface area contributed by atoms with Gasteiger partial charge in [0.1, 0.15) is 0 Å². The summed E-state index contributed by atoms with van der Waals surface area (Å²) in [5.74, 6) is 3.44. The molecule has 1 atom stereocenters. The van der Waals surface area contributed by atoms with Crippen LogP contribution in [0.1, 0.15) is 10.4 Å². The van der Waals surface area contributed by atoms with Gasteiger partial charge in [-0.3, -0.25) is 3.97 Å². The summed E-state index contributed by atoms with van der Waals surface area (Å²) in [6.45, 7) is 0. The first-order chi connectivity index (χ1) is 10.6. The minimum absolute atomic E-state index is 0.380. The third kappa shape index (κ3) is 2.19. The molecule has 0 aliphatic heterocycles. The normalized spacial score (nSPS) is 13.7. The highest BCUT2D eigenvalue weighted by atomic mass is 32.2. The van der Waals surface area contributed by atoms with E-state index in [0.717, 1.165) is 0 Å². The Morgan fingerprint density at radius 2 is 1.73 bits per heavy atom. The van der Waals surface area contributed by atoms with Crippen molar-refractivity contribution in [3.63, 3.8) is 0 Å². The zero-order valence-corrected chi connectivity index (χ0v) is 12.9. The molecule has 0 N–H and O–H groups in total. The monoisotopic (exact) mass is 313 g/mol. The van der Waals surface area contributed by atoms with Gasteiger partial charge in [0.05, 0.1) is 27.9 Å². The van der Waals surface area contributed by atoms with E-state index in [1.54, 1.807) is 28.4 Å². The van der Waals surface area contributed by atoms with Crippen molar-refractivity contribution >= 4 is 32.5 Å². The number of ether oxygens (including phenoxy) is 1. The van der Waals surface area contributed by atoms with Crippen LogP contribution >= 0.6 is 0 Å². The summed E-state index contributed by atoms with van der Waals surface area (Å²) in [5, 5.41) is 0.696. The van der Waals surface area contributed by atoms with E-state index in [1.165, 1.54) is 7.11 Å². The standard InChI is InChI=1S/C17H15NO3S/c1-21-17(19)15-12-18(16-11-7-6-10-14(15)16)22(2,20)13-8-4-3-5-9-13/h3-12H,2H2,1H3. The summed E-state index contributed by atoms with van der Waals surface area (Å²) in [4.78, 5) is 12.6. The molecule has 112 valence electrons. The minimum atomic E-state index is -2.78. The Labute approximate surface area is 129 Å². The lowest BCUT2D eigenvalue weighted by atomic mass is 10.2. The van der Waals surface area contributed by atoms with Crippen molar-refractivity contribution in [3.05, 3.63) is 66.4 Å². The molecule has 0 aliphatic rings. The number of carbonyl (C=O) groups excluding carboxylic acids is 1. The van der Waals surface area contributed by atoms with Crippen molar-refractivity contribution in [2.75, 3.05) is 7.11 Å². The zero-order chi connectivity index (χ0) is 15.7. The number of hydrogen-bond acceptors (Lipinski definition) is 3. The molecule has 4 nitrogen and oxygen atoms in total. The third-order valence-electron chi connectivity index (χ3n) is 3.51. The molecule has 1 unspecified atom stereocenters. The molecule has 1 heterocycles. The second-order valence-corrected chi connectivity index (χ2v) is 6.98. The molecule has 0 saturated carbocycles. The topological polar surface area (TPSA) is 48.3 Å². The number of nitrogens with zero attached hydrogens (tertiary/aromatic N) is 1. The van der Waals surface area contributed by atoms with Gasteiger partial charge in [0, 0.05) is 16.5 Å². The number of para-hydroxylation sites is 1. The van der Waals surface area contributed by atoms with Crippen LogP contribution in [-0.4, -0.2) is 27.1 Å². The molecule has 2 aromatic carbocycles. The molecular weight excluding hydrogens is 298 g/mol. The molecule has 0 amide bonds. The largest absolute Gasteiger partial charge is 0.465 e. The highest BCUT2D eigenvalue weighted by Gasteiger charge is 2.20. The summed E-state index contributed by atoms with van der Waals surface area (Å²) >= 11 is 0. The quantitative estimate of drug-likeness (QED) is 0.552. The van der Waals surface area contributed by atoms with Gasteiger partial charge >= 0.3 is 5.97 Å². The van der Waals surface area contributed by atoms with Crippen molar-refractivity contribution in [1.29, 1.82) is 0 Å². The Hall–Kier alpha value is -2.53. The number of aromatic nitrogens is 1. The van der Waals surface area contributed by atoms with Crippen LogP contribution in [0.5, 0.6) is 0 Å². The molecule has 0 fully saturated rings. The molecule has 0 aliphatic carbocycles. The zero-order valence-electron chi connectivity index (χ0n) is 12.1. The summed E-state index contributed by atoms with van der Waals surface area (Å²) in [6.07, 6.45) is 1.55. The van der Waals surface area contributed by atoms with Gasteiger partial charge in [-0.25, -0.2) is 9.00 Å². The third-order valence-corrected chi connectivity index (χ3v) is 5.46. The predicted octanol–water partition coefficient (Wildman–Crippen LogP) is 2.97. The second-order valence-electron chi connectivity index (χ2n) is 4.83. The fourth-order valence-electron chi connectivity index (χ4n) is 2.41. The molecule has 1 aromatic heterocycles. The average Bonchev–Trinajstić information content (AvgIpc) is 2.95. The van der Waals surface area contributed by atoms with Crippen LogP contribution in [0.2, 0.25) is 0 Å². The van der Waals surface area contributed by atoms with Crippen molar-refractivity contribution in [2.45, 2.75) is 4.90 Å². The van der Waals surface area contributed by atoms with Gasteiger partial charge in [-0.1, -0.05) is 36.4 Å². The van der Waals surface area contributed by atoms with Crippen molar-refractivity contribution in [1.82, 2.24) is 3.97 Å². The highest BCUT2D eigenvalue weighted by Crippen LogP contribution is 2.26. The number of methoxy groups -OCH3 is 1. The number of fused-ring (bicyclic) bond motifs is 1. The first-order valence-corrected chi connectivity index (χ1v) is 8.35. The molecular formula is C17H15NO3S. The summed E-state index contributed by atoms with van der Waals surface area (Å²) in [5.41, 5.74) is 1.07. The van der Waals surface area contributed by atoms with E-state index in [2.05, 4.69) is 5.87 Å². The fourth-order valence-corrected chi connectivity index (χ4v) is 3.98. The molecule has 22 heavy (non-hydrogen) atoms. The Morgan fingerprint density at radius 1 is 1.09 bits per heavy atom. The minimum Gasteiger partial charge on any atom is -0.465 e. The Balaban J connectivity index is 2.31. The predicted molar refractivity (Wildman–Crippen MR) is 88.6 cm³/mol. The summed E-state index contributed by atoms with van der Waals surface area (Å²) in [7, 11) is -1.45. The second kappa shape index (κ2) is 5.35. The molecule has 5 heteroatoms. The van der Waals surface area contributed by atoms with E-state index in [4.69, 9.17) is 4.74 Å². The van der Waals surface area contributed by atoms with E-state index in [9.17, 15) is 9.00 Å². The van der Waals surface area contributed by atoms with Gasteiger partial charge in [0.15, 0.2) is 0 Å². The number of rotatable bonds is 3. The highest BCUT2D eigenvalue weighted by molar-refractivity contribution is 7.99. The number of hydrogen-bond donors (Lipinski definition) is 0. The molecule has 0 spiro atoms.